The van der Waals surface area contributed by atoms with Crippen molar-refractivity contribution in [2.75, 3.05) is 17.7 Å². The van der Waals surface area contributed by atoms with E-state index in [1.54, 1.807) is 20.0 Å². The summed E-state index contributed by atoms with van der Waals surface area (Å²) in [6.45, 7) is 3.52. The molecule has 2 aromatic heterocycles. The molecule has 31 heavy (non-hydrogen) atoms. The molecule has 0 saturated heterocycles. The van der Waals surface area contributed by atoms with E-state index < -0.39 is 5.60 Å². The van der Waals surface area contributed by atoms with Gasteiger partial charge in [0.15, 0.2) is 5.13 Å². The van der Waals surface area contributed by atoms with E-state index in [-0.39, 0.29) is 0 Å². The zero-order valence-corrected chi connectivity index (χ0v) is 18.4. The van der Waals surface area contributed by atoms with Crippen molar-refractivity contribution in [1.82, 2.24) is 9.97 Å². The third kappa shape index (κ3) is 5.02. The molecular formula is C24H24N4O2S. The number of nitrogens with zero attached hydrogens (tertiary/aromatic N) is 2. The van der Waals surface area contributed by atoms with E-state index in [0.29, 0.717) is 16.6 Å². The van der Waals surface area contributed by atoms with Gasteiger partial charge >= 0.3 is 0 Å². The number of hydrogen-bond acceptors (Lipinski definition) is 7. The van der Waals surface area contributed by atoms with Gasteiger partial charge in [-0.2, -0.15) is 0 Å². The predicted molar refractivity (Wildman–Crippen MR) is 126 cm³/mol. The van der Waals surface area contributed by atoms with E-state index in [9.17, 15) is 5.11 Å². The second-order valence-electron chi connectivity index (χ2n) is 7.51. The summed E-state index contributed by atoms with van der Waals surface area (Å²) < 4.78 is 6.20. The number of rotatable bonds is 7. The van der Waals surface area contributed by atoms with Crippen molar-refractivity contribution in [2.24, 2.45) is 0 Å². The predicted octanol–water partition coefficient (Wildman–Crippen LogP) is 6.01. The molecule has 0 saturated carbocycles. The lowest BCUT2D eigenvalue weighted by Gasteiger charge is -2.18. The Morgan fingerprint density at radius 1 is 1.00 bits per heavy atom. The van der Waals surface area contributed by atoms with Crippen molar-refractivity contribution >= 4 is 28.0 Å². The summed E-state index contributed by atoms with van der Waals surface area (Å²) in [7, 11) is 1.84. The normalized spacial score (nSPS) is 11.2. The van der Waals surface area contributed by atoms with Crippen LogP contribution in [0.25, 0.3) is 11.3 Å². The van der Waals surface area contributed by atoms with E-state index in [2.05, 4.69) is 20.6 Å². The molecule has 2 heterocycles. The number of pyridine rings is 1. The second-order valence-corrected chi connectivity index (χ2v) is 8.48. The van der Waals surface area contributed by atoms with Gasteiger partial charge < -0.3 is 20.5 Å². The maximum absolute atomic E-state index is 10.3. The molecule has 4 rings (SSSR count). The van der Waals surface area contributed by atoms with Crippen molar-refractivity contribution < 1.29 is 9.84 Å². The Morgan fingerprint density at radius 3 is 2.55 bits per heavy atom. The Hall–Kier alpha value is -3.42. The molecule has 0 amide bonds. The zero-order chi connectivity index (χ0) is 21.8. The average molecular weight is 433 g/mol. The molecule has 3 N–H and O–H groups in total. The quantitative estimate of drug-likeness (QED) is 0.332. The van der Waals surface area contributed by atoms with Crippen LogP contribution >= 0.6 is 11.3 Å². The van der Waals surface area contributed by atoms with Crippen LogP contribution < -0.4 is 15.4 Å². The Kier molecular flexibility index (Phi) is 5.88. The molecule has 7 heteroatoms. The lowest BCUT2D eigenvalue weighted by atomic mass is 9.98. The molecule has 0 radical (unpaired) electrons. The van der Waals surface area contributed by atoms with Crippen molar-refractivity contribution in [1.29, 1.82) is 0 Å². The fraction of sp³-hybridized carbons (Fsp3) is 0.167. The fourth-order valence-electron chi connectivity index (χ4n) is 3.04. The van der Waals surface area contributed by atoms with Crippen LogP contribution in [0.4, 0.5) is 16.6 Å². The first-order valence-electron chi connectivity index (χ1n) is 9.90. The number of thiazole rings is 1. The minimum Gasteiger partial charge on any atom is -0.444 e. The highest BCUT2D eigenvalue weighted by molar-refractivity contribution is 7.17. The summed E-state index contributed by atoms with van der Waals surface area (Å²) in [4.78, 5) is 9.04. The molecule has 2 aromatic carbocycles. The third-order valence-electron chi connectivity index (χ3n) is 4.64. The SMILES string of the molecule is CNc1nc(-c2ccccc2)c(Oc2ccnc(Nc3cccc(C(C)(C)O)c3)c2)s1. The molecular weight excluding hydrogens is 408 g/mol. The Morgan fingerprint density at radius 2 is 1.81 bits per heavy atom. The van der Waals surface area contributed by atoms with Gasteiger partial charge in [-0.1, -0.05) is 53.8 Å². The molecule has 0 unspecified atom stereocenters. The highest BCUT2D eigenvalue weighted by Gasteiger charge is 2.17. The van der Waals surface area contributed by atoms with Crippen LogP contribution in [0.15, 0.2) is 72.9 Å². The summed E-state index contributed by atoms with van der Waals surface area (Å²) in [5.74, 6) is 1.30. The summed E-state index contributed by atoms with van der Waals surface area (Å²) in [5, 5.41) is 18.1. The Labute approximate surface area is 185 Å². The third-order valence-corrected chi connectivity index (χ3v) is 5.59. The number of aliphatic hydroxyl groups is 1. The van der Waals surface area contributed by atoms with Gasteiger partial charge in [-0.3, -0.25) is 0 Å². The average Bonchev–Trinajstić information content (AvgIpc) is 3.17. The summed E-state index contributed by atoms with van der Waals surface area (Å²) in [6, 6.07) is 21.2. The smallest absolute Gasteiger partial charge is 0.210 e. The van der Waals surface area contributed by atoms with Crippen molar-refractivity contribution in [3.8, 4) is 22.1 Å². The van der Waals surface area contributed by atoms with Gasteiger partial charge in [0.05, 0.1) is 5.60 Å². The van der Waals surface area contributed by atoms with Gasteiger partial charge in [-0.25, -0.2) is 9.97 Å². The van der Waals surface area contributed by atoms with Crippen LogP contribution in [0, 0.1) is 0 Å². The van der Waals surface area contributed by atoms with Gasteiger partial charge in [0, 0.05) is 30.6 Å². The maximum atomic E-state index is 10.3. The zero-order valence-electron chi connectivity index (χ0n) is 17.6. The van der Waals surface area contributed by atoms with Crippen LogP contribution in [0.1, 0.15) is 19.4 Å². The van der Waals surface area contributed by atoms with Crippen LogP contribution in [0.2, 0.25) is 0 Å². The molecule has 0 atom stereocenters. The van der Waals surface area contributed by atoms with Gasteiger partial charge in [0.2, 0.25) is 5.06 Å². The molecule has 0 aliphatic carbocycles. The molecule has 0 bridgehead atoms. The topological polar surface area (TPSA) is 79.3 Å². The van der Waals surface area contributed by atoms with E-state index in [0.717, 1.165) is 27.6 Å². The second kappa shape index (κ2) is 8.75. The standard InChI is InChI=1S/C24H24N4O2S/c1-24(2,29)17-10-7-11-18(14-17)27-20-15-19(12-13-26-20)30-22-21(28-23(25-3)31-22)16-8-5-4-6-9-16/h4-15,29H,1-3H3,(H,25,28)(H,26,27). The van der Waals surface area contributed by atoms with Gasteiger partial charge in [0.1, 0.15) is 17.3 Å². The maximum Gasteiger partial charge on any atom is 0.210 e. The van der Waals surface area contributed by atoms with Crippen LogP contribution in [-0.4, -0.2) is 22.1 Å². The van der Waals surface area contributed by atoms with Gasteiger partial charge in [-0.15, -0.1) is 0 Å². The van der Waals surface area contributed by atoms with E-state index >= 15 is 0 Å². The monoisotopic (exact) mass is 432 g/mol. The lowest BCUT2D eigenvalue weighted by Crippen LogP contribution is -2.15. The summed E-state index contributed by atoms with van der Waals surface area (Å²) >= 11 is 1.45. The first-order chi connectivity index (χ1) is 14.9. The molecule has 158 valence electrons. The highest BCUT2D eigenvalue weighted by atomic mass is 32.1. The molecule has 4 aromatic rings. The van der Waals surface area contributed by atoms with E-state index in [4.69, 9.17) is 4.74 Å². The highest BCUT2D eigenvalue weighted by Crippen LogP contribution is 2.40. The number of aromatic nitrogens is 2. The Bertz CT molecular complexity index is 1170. The fourth-order valence-corrected chi connectivity index (χ4v) is 3.85. The lowest BCUT2D eigenvalue weighted by molar-refractivity contribution is 0.0786. The van der Waals surface area contributed by atoms with Crippen LogP contribution in [0.3, 0.4) is 0 Å². The molecule has 6 nitrogen and oxygen atoms in total. The number of anilines is 3. The first kappa shape index (κ1) is 20.8. The first-order valence-corrected chi connectivity index (χ1v) is 10.7. The number of benzene rings is 2. The minimum absolute atomic E-state index is 0.644. The van der Waals surface area contributed by atoms with Gasteiger partial charge in [0.25, 0.3) is 0 Å². The Balaban J connectivity index is 1.58. The summed E-state index contributed by atoms with van der Waals surface area (Å²) in [5.41, 5.74) is 2.53. The number of ether oxygens (including phenoxy) is 1. The molecule has 0 fully saturated rings. The van der Waals surface area contributed by atoms with Crippen molar-refractivity contribution in [2.45, 2.75) is 19.4 Å². The van der Waals surface area contributed by atoms with Crippen molar-refractivity contribution in [3.63, 3.8) is 0 Å². The van der Waals surface area contributed by atoms with Gasteiger partial charge in [-0.05, 0) is 37.6 Å². The molecule has 0 spiro atoms. The number of hydrogen-bond donors (Lipinski definition) is 3. The van der Waals surface area contributed by atoms with E-state index in [1.807, 2.05) is 73.8 Å². The molecule has 0 aliphatic rings. The largest absolute Gasteiger partial charge is 0.444 e. The number of nitrogens with one attached hydrogen (secondary N) is 2. The van der Waals surface area contributed by atoms with Crippen molar-refractivity contribution in [3.05, 3.63) is 78.5 Å². The van der Waals surface area contributed by atoms with Crippen LogP contribution in [-0.2, 0) is 5.60 Å². The van der Waals surface area contributed by atoms with Crippen LogP contribution in [0.5, 0.6) is 10.8 Å². The molecule has 0 aliphatic heterocycles. The van der Waals surface area contributed by atoms with E-state index in [1.165, 1.54) is 11.3 Å². The summed E-state index contributed by atoms with van der Waals surface area (Å²) in [6.07, 6.45) is 1.69. The minimum atomic E-state index is -0.916.